The lowest BCUT2D eigenvalue weighted by atomic mass is 9.96. The summed E-state index contributed by atoms with van der Waals surface area (Å²) in [6.45, 7) is 3.89. The molecule has 5 aromatic rings. The van der Waals surface area contributed by atoms with Gasteiger partial charge < -0.3 is 21.4 Å². The lowest BCUT2D eigenvalue weighted by Crippen LogP contribution is -2.33. The molecule has 1 aromatic heterocycles. The van der Waals surface area contributed by atoms with Gasteiger partial charge in [0.25, 0.3) is 0 Å². The summed E-state index contributed by atoms with van der Waals surface area (Å²) in [5.41, 5.74) is 17.5. The van der Waals surface area contributed by atoms with E-state index in [9.17, 15) is 35.9 Å². The second-order valence-electron chi connectivity index (χ2n) is 12.6. The molecular weight excluding hydrogens is 662 g/mol. The number of benzene rings is 4. The number of rotatable bonds is 4. The Morgan fingerprint density at radius 1 is 0.600 bits per heavy atom. The first-order valence-electron chi connectivity index (χ1n) is 15.9. The molecule has 0 aliphatic carbocycles. The fourth-order valence-corrected chi connectivity index (χ4v) is 6.40. The summed E-state index contributed by atoms with van der Waals surface area (Å²) in [6.07, 6.45) is -7.02. The van der Waals surface area contributed by atoms with Gasteiger partial charge in [-0.2, -0.15) is 26.3 Å². The molecule has 14 heteroatoms. The molecule has 0 fully saturated rings. The number of nitrogens with two attached hydrogens (primary N) is 2. The van der Waals surface area contributed by atoms with E-state index in [0.717, 1.165) is 78.0 Å². The quantitative estimate of drug-likeness (QED) is 0.101. The molecule has 0 saturated carbocycles. The van der Waals surface area contributed by atoms with E-state index in [2.05, 4.69) is 19.8 Å². The Balaban J connectivity index is 0.000000175. The summed E-state index contributed by atoms with van der Waals surface area (Å²) >= 11 is 0. The standard InChI is InChI=1S/C19H16F3N3O2.C17H18F3N3/c20-19(21,22)13-4-1-11(2-5-13)9-25-8-7-12-3-6-15-16(14(12)10-25)24-18(27)17(26)23-15;18-17(19,20)13-4-1-11(2-5-13)9-23-8-7-12-3-6-15(21)16(22)14(12)10-23/h1-6H,7-10H2,(H,23,26)(H,24,27);1-6H,7-10,21-22H2. The van der Waals surface area contributed by atoms with E-state index in [1.807, 2.05) is 18.2 Å². The van der Waals surface area contributed by atoms with Crippen molar-refractivity contribution in [1.29, 1.82) is 0 Å². The molecular formula is C36H34F6N6O2. The second-order valence-corrected chi connectivity index (χ2v) is 12.6. The van der Waals surface area contributed by atoms with E-state index in [1.54, 1.807) is 6.07 Å². The SMILES string of the molecule is Nc1ccc2c(c1N)CN(Cc1ccc(C(F)(F)F)cc1)CC2.O=c1[nH]c2ccc3c(c2[nH]c1=O)CN(Cc1ccc(C(F)(F)F)cc1)CC3. The number of nitrogen functional groups attached to an aromatic ring is 2. The molecule has 50 heavy (non-hydrogen) atoms. The van der Waals surface area contributed by atoms with Crippen LogP contribution in [-0.2, 0) is 51.4 Å². The van der Waals surface area contributed by atoms with E-state index in [4.69, 9.17) is 11.5 Å². The Morgan fingerprint density at radius 2 is 1.06 bits per heavy atom. The zero-order valence-electron chi connectivity index (χ0n) is 26.7. The molecule has 2 aliphatic rings. The smallest absolute Gasteiger partial charge is 0.397 e. The molecule has 0 radical (unpaired) electrons. The van der Waals surface area contributed by atoms with Gasteiger partial charge in [-0.25, -0.2) is 0 Å². The van der Waals surface area contributed by atoms with Crippen molar-refractivity contribution < 1.29 is 26.3 Å². The van der Waals surface area contributed by atoms with Crippen molar-refractivity contribution in [3.8, 4) is 0 Å². The molecule has 0 saturated heterocycles. The first-order chi connectivity index (χ1) is 23.7. The van der Waals surface area contributed by atoms with Crippen LogP contribution in [-0.4, -0.2) is 32.9 Å². The number of fused-ring (bicyclic) bond motifs is 4. The van der Waals surface area contributed by atoms with Crippen LogP contribution in [0.3, 0.4) is 0 Å². The summed E-state index contributed by atoms with van der Waals surface area (Å²) < 4.78 is 75.8. The molecule has 262 valence electrons. The van der Waals surface area contributed by atoms with Gasteiger partial charge in [-0.05, 0) is 82.6 Å². The number of hydrogen-bond donors (Lipinski definition) is 4. The molecule has 0 atom stereocenters. The summed E-state index contributed by atoms with van der Waals surface area (Å²) in [6, 6.07) is 18.0. The molecule has 3 heterocycles. The summed E-state index contributed by atoms with van der Waals surface area (Å²) in [5.74, 6) is 0. The number of H-pyrrole nitrogens is 2. The Bertz CT molecular complexity index is 2120. The maximum Gasteiger partial charge on any atom is 0.416 e. The minimum absolute atomic E-state index is 0.502. The minimum Gasteiger partial charge on any atom is -0.397 e. The van der Waals surface area contributed by atoms with Gasteiger partial charge in [-0.15, -0.1) is 0 Å². The van der Waals surface area contributed by atoms with Crippen LogP contribution >= 0.6 is 0 Å². The lowest BCUT2D eigenvalue weighted by molar-refractivity contribution is -0.138. The van der Waals surface area contributed by atoms with Crippen molar-refractivity contribution in [1.82, 2.24) is 19.8 Å². The van der Waals surface area contributed by atoms with Crippen molar-refractivity contribution >= 4 is 22.4 Å². The van der Waals surface area contributed by atoms with Gasteiger partial charge in [0.1, 0.15) is 0 Å². The van der Waals surface area contributed by atoms with Gasteiger partial charge in [0.2, 0.25) is 0 Å². The number of halogens is 6. The van der Waals surface area contributed by atoms with Crippen molar-refractivity contribution in [3.63, 3.8) is 0 Å². The van der Waals surface area contributed by atoms with Gasteiger partial charge in [0.15, 0.2) is 0 Å². The van der Waals surface area contributed by atoms with Crippen LogP contribution in [0.25, 0.3) is 11.0 Å². The zero-order valence-corrected chi connectivity index (χ0v) is 26.7. The number of aromatic nitrogens is 2. The van der Waals surface area contributed by atoms with Gasteiger partial charge in [0.05, 0.1) is 33.5 Å². The van der Waals surface area contributed by atoms with Crippen LogP contribution in [0.1, 0.15) is 44.5 Å². The number of nitrogens with one attached hydrogen (secondary N) is 2. The van der Waals surface area contributed by atoms with Gasteiger partial charge in [0, 0.05) is 39.3 Å². The third kappa shape index (κ3) is 7.71. The molecule has 4 aromatic carbocycles. The lowest BCUT2D eigenvalue weighted by Gasteiger charge is -2.30. The van der Waals surface area contributed by atoms with E-state index in [-0.39, 0.29) is 0 Å². The predicted octanol–water partition coefficient (Wildman–Crippen LogP) is 6.22. The van der Waals surface area contributed by atoms with Crippen LogP contribution in [0, 0.1) is 0 Å². The van der Waals surface area contributed by atoms with Crippen molar-refractivity contribution in [3.05, 3.63) is 138 Å². The highest BCUT2D eigenvalue weighted by molar-refractivity contribution is 5.79. The number of alkyl halides is 6. The monoisotopic (exact) mass is 696 g/mol. The Hall–Kier alpha value is -5.08. The molecule has 0 bridgehead atoms. The highest BCUT2D eigenvalue weighted by Gasteiger charge is 2.31. The highest BCUT2D eigenvalue weighted by atomic mass is 19.4. The van der Waals surface area contributed by atoms with Crippen LogP contribution in [0.4, 0.5) is 37.7 Å². The van der Waals surface area contributed by atoms with Gasteiger partial charge in [-0.1, -0.05) is 36.4 Å². The van der Waals surface area contributed by atoms with E-state index >= 15 is 0 Å². The third-order valence-electron chi connectivity index (χ3n) is 9.12. The van der Waals surface area contributed by atoms with Crippen LogP contribution in [0.15, 0.2) is 82.4 Å². The topological polar surface area (TPSA) is 124 Å². The number of aromatic amines is 2. The second kappa shape index (κ2) is 13.7. The normalized spacial score (nSPS) is 15.2. The van der Waals surface area contributed by atoms with E-state index in [0.29, 0.717) is 48.6 Å². The Labute approximate surface area is 282 Å². The average Bonchev–Trinajstić information content (AvgIpc) is 3.07. The molecule has 2 aliphatic heterocycles. The molecule has 8 nitrogen and oxygen atoms in total. The Morgan fingerprint density at radius 3 is 1.58 bits per heavy atom. The maximum atomic E-state index is 12.7. The average molecular weight is 697 g/mol. The van der Waals surface area contributed by atoms with Crippen LogP contribution < -0.4 is 22.6 Å². The van der Waals surface area contributed by atoms with Crippen molar-refractivity contribution in [2.75, 3.05) is 24.6 Å². The number of nitrogens with zero attached hydrogens (tertiary/aromatic N) is 2. The van der Waals surface area contributed by atoms with Crippen LogP contribution in [0.5, 0.6) is 0 Å². The maximum absolute atomic E-state index is 12.7. The first kappa shape index (κ1) is 34.8. The first-order valence-corrected chi connectivity index (χ1v) is 15.9. The number of anilines is 2. The Kier molecular flexibility index (Phi) is 9.51. The van der Waals surface area contributed by atoms with Gasteiger partial charge in [-0.3, -0.25) is 19.4 Å². The zero-order chi connectivity index (χ0) is 35.8. The third-order valence-corrected chi connectivity index (χ3v) is 9.12. The summed E-state index contributed by atoms with van der Waals surface area (Å²) in [7, 11) is 0. The van der Waals surface area contributed by atoms with E-state index < -0.39 is 34.6 Å². The molecule has 0 unspecified atom stereocenters. The fraction of sp³-hybridized carbons (Fsp3) is 0.278. The summed E-state index contributed by atoms with van der Waals surface area (Å²) in [5, 5.41) is 0. The van der Waals surface area contributed by atoms with Crippen molar-refractivity contribution in [2.24, 2.45) is 0 Å². The molecule has 6 N–H and O–H groups in total. The van der Waals surface area contributed by atoms with Crippen molar-refractivity contribution in [2.45, 2.75) is 51.4 Å². The molecule has 0 spiro atoms. The predicted molar refractivity (Wildman–Crippen MR) is 179 cm³/mol. The van der Waals surface area contributed by atoms with Gasteiger partial charge >= 0.3 is 23.5 Å². The molecule has 0 amide bonds. The summed E-state index contributed by atoms with van der Waals surface area (Å²) in [4.78, 5) is 32.7. The minimum atomic E-state index is -4.34. The largest absolute Gasteiger partial charge is 0.416 e. The van der Waals surface area contributed by atoms with Crippen LogP contribution in [0.2, 0.25) is 0 Å². The highest BCUT2D eigenvalue weighted by Crippen LogP contribution is 2.32. The fourth-order valence-electron chi connectivity index (χ4n) is 6.40. The van der Waals surface area contributed by atoms with E-state index in [1.165, 1.54) is 29.8 Å². The number of hydrogen-bond acceptors (Lipinski definition) is 6. The molecule has 7 rings (SSSR count).